The van der Waals surface area contributed by atoms with Crippen molar-refractivity contribution in [2.24, 2.45) is 11.7 Å². The normalized spacial score (nSPS) is 13.6. The van der Waals surface area contributed by atoms with Gasteiger partial charge in [0.05, 0.1) is 0 Å². The lowest BCUT2D eigenvalue weighted by atomic mass is 9.92. The summed E-state index contributed by atoms with van der Waals surface area (Å²) in [6.07, 6.45) is 11.0. The van der Waals surface area contributed by atoms with Gasteiger partial charge in [-0.3, -0.25) is 0 Å². The second-order valence-electron chi connectivity index (χ2n) is 6.20. The van der Waals surface area contributed by atoms with Crippen molar-refractivity contribution < 1.29 is 9.47 Å². The molecule has 0 aliphatic carbocycles. The maximum absolute atomic E-state index is 6.03. The van der Waals surface area contributed by atoms with Gasteiger partial charge >= 0.3 is 0 Å². The van der Waals surface area contributed by atoms with E-state index in [-0.39, 0.29) is 0 Å². The molecule has 128 valence electrons. The number of unbranched alkanes of at least 4 members (excludes halogenated alkanes) is 5. The van der Waals surface area contributed by atoms with Crippen LogP contribution in [0.1, 0.15) is 85.5 Å². The smallest absolute Gasteiger partial charge is 0.169 e. The molecule has 0 aromatic carbocycles. The first-order valence-corrected chi connectivity index (χ1v) is 9.12. The maximum Gasteiger partial charge on any atom is 0.169 e. The summed E-state index contributed by atoms with van der Waals surface area (Å²) in [6.45, 7) is 10.7. The van der Waals surface area contributed by atoms with Crippen molar-refractivity contribution in [1.29, 1.82) is 0 Å². The van der Waals surface area contributed by atoms with Gasteiger partial charge in [0, 0.05) is 25.7 Å². The van der Waals surface area contributed by atoms with E-state index in [1.165, 1.54) is 38.5 Å². The predicted octanol–water partition coefficient (Wildman–Crippen LogP) is 4.88. The Morgan fingerprint density at radius 3 is 1.81 bits per heavy atom. The van der Waals surface area contributed by atoms with Crippen molar-refractivity contribution in [3.8, 4) is 0 Å². The van der Waals surface area contributed by atoms with Crippen molar-refractivity contribution in [2.75, 3.05) is 19.8 Å². The van der Waals surface area contributed by atoms with Gasteiger partial charge in [0.25, 0.3) is 0 Å². The molecular weight excluding hydrogens is 262 g/mol. The zero-order valence-electron chi connectivity index (χ0n) is 15.0. The third kappa shape index (κ3) is 9.49. The van der Waals surface area contributed by atoms with Crippen LogP contribution in [-0.2, 0) is 9.47 Å². The predicted molar refractivity (Wildman–Crippen MR) is 91.4 cm³/mol. The molecule has 0 heterocycles. The molecule has 0 bridgehead atoms. The average Bonchev–Trinajstić information content (AvgIpc) is 2.50. The van der Waals surface area contributed by atoms with Crippen LogP contribution < -0.4 is 5.73 Å². The first kappa shape index (κ1) is 20.9. The molecule has 3 nitrogen and oxygen atoms in total. The molecule has 0 aromatic rings. The van der Waals surface area contributed by atoms with E-state index in [0.29, 0.717) is 12.5 Å². The van der Waals surface area contributed by atoms with Crippen LogP contribution in [0, 0.1) is 5.92 Å². The van der Waals surface area contributed by atoms with Crippen LogP contribution in [0.25, 0.3) is 0 Å². The number of hydrogen-bond acceptors (Lipinski definition) is 3. The molecule has 3 heteroatoms. The minimum Gasteiger partial charge on any atom is -0.350 e. The first-order valence-electron chi connectivity index (χ1n) is 9.12. The molecular formula is C18H39NO2. The molecule has 0 spiro atoms. The van der Waals surface area contributed by atoms with Crippen LogP contribution >= 0.6 is 0 Å². The highest BCUT2D eigenvalue weighted by atomic mass is 16.7. The molecule has 0 fully saturated rings. The lowest BCUT2D eigenvalue weighted by Crippen LogP contribution is -2.44. The number of rotatable bonds is 15. The number of ether oxygens (including phenoxy) is 2. The van der Waals surface area contributed by atoms with Gasteiger partial charge in [0.2, 0.25) is 0 Å². The summed E-state index contributed by atoms with van der Waals surface area (Å²) in [4.78, 5) is 0. The van der Waals surface area contributed by atoms with Gasteiger partial charge in [-0.25, -0.2) is 0 Å². The van der Waals surface area contributed by atoms with Crippen LogP contribution in [0.5, 0.6) is 0 Å². The Morgan fingerprint density at radius 2 is 1.33 bits per heavy atom. The monoisotopic (exact) mass is 301 g/mol. The molecule has 1 unspecified atom stereocenters. The molecule has 0 amide bonds. The fourth-order valence-corrected chi connectivity index (χ4v) is 2.65. The van der Waals surface area contributed by atoms with Crippen LogP contribution in [-0.4, -0.2) is 25.5 Å². The number of hydrogen-bond donors (Lipinski definition) is 1. The quantitative estimate of drug-likeness (QED) is 0.346. The standard InChI is InChI=1S/C18H39NO2/c1-5-8-9-10-11-12-13-17(16-19)18(4,20-14-6-2)21-15-7-3/h17H,5-16,19H2,1-4H3. The van der Waals surface area contributed by atoms with Crippen molar-refractivity contribution in [1.82, 2.24) is 0 Å². The SMILES string of the molecule is CCCCCCCCC(CN)C(C)(OCCC)OCCC. The van der Waals surface area contributed by atoms with E-state index in [0.717, 1.165) is 32.5 Å². The summed E-state index contributed by atoms with van der Waals surface area (Å²) in [5.74, 6) is -0.216. The highest BCUT2D eigenvalue weighted by Crippen LogP contribution is 2.28. The third-order valence-corrected chi connectivity index (χ3v) is 4.12. The largest absolute Gasteiger partial charge is 0.350 e. The molecule has 0 aliphatic heterocycles. The zero-order chi connectivity index (χ0) is 16.0. The molecule has 0 radical (unpaired) electrons. The Morgan fingerprint density at radius 1 is 0.810 bits per heavy atom. The molecule has 1 atom stereocenters. The number of nitrogens with two attached hydrogens (primary N) is 1. The molecule has 0 aliphatic rings. The Labute approximate surface area is 133 Å². The van der Waals surface area contributed by atoms with Crippen LogP contribution in [0.15, 0.2) is 0 Å². The Hall–Kier alpha value is -0.120. The second kappa shape index (κ2) is 13.5. The fourth-order valence-electron chi connectivity index (χ4n) is 2.65. The second-order valence-corrected chi connectivity index (χ2v) is 6.20. The van der Waals surface area contributed by atoms with Gasteiger partial charge < -0.3 is 15.2 Å². The molecule has 0 saturated carbocycles. The minimum absolute atomic E-state index is 0.293. The lowest BCUT2D eigenvalue weighted by Gasteiger charge is -2.37. The van der Waals surface area contributed by atoms with Crippen LogP contribution in [0.3, 0.4) is 0 Å². The van der Waals surface area contributed by atoms with Crippen LogP contribution in [0.2, 0.25) is 0 Å². The van der Waals surface area contributed by atoms with E-state index in [9.17, 15) is 0 Å². The van der Waals surface area contributed by atoms with Crippen molar-refractivity contribution in [3.63, 3.8) is 0 Å². The van der Waals surface area contributed by atoms with Crippen molar-refractivity contribution in [3.05, 3.63) is 0 Å². The first-order chi connectivity index (χ1) is 10.1. The van der Waals surface area contributed by atoms with E-state index in [1.54, 1.807) is 0 Å². The minimum atomic E-state index is -0.510. The molecule has 2 N–H and O–H groups in total. The van der Waals surface area contributed by atoms with Gasteiger partial charge in [0.1, 0.15) is 0 Å². The highest BCUT2D eigenvalue weighted by molar-refractivity contribution is 4.77. The Balaban J connectivity index is 4.24. The summed E-state index contributed by atoms with van der Waals surface area (Å²) in [6, 6.07) is 0. The summed E-state index contributed by atoms with van der Waals surface area (Å²) in [5, 5.41) is 0. The van der Waals surface area contributed by atoms with E-state index in [1.807, 2.05) is 0 Å². The van der Waals surface area contributed by atoms with Gasteiger partial charge in [-0.1, -0.05) is 59.3 Å². The van der Waals surface area contributed by atoms with E-state index < -0.39 is 5.79 Å². The summed E-state index contributed by atoms with van der Waals surface area (Å²) >= 11 is 0. The highest BCUT2D eigenvalue weighted by Gasteiger charge is 2.34. The van der Waals surface area contributed by atoms with E-state index >= 15 is 0 Å². The zero-order valence-corrected chi connectivity index (χ0v) is 15.0. The average molecular weight is 302 g/mol. The van der Waals surface area contributed by atoms with Gasteiger partial charge in [-0.05, 0) is 26.2 Å². The van der Waals surface area contributed by atoms with Gasteiger partial charge in [0.15, 0.2) is 5.79 Å². The topological polar surface area (TPSA) is 44.5 Å². The van der Waals surface area contributed by atoms with Gasteiger partial charge in [-0.15, -0.1) is 0 Å². The summed E-state index contributed by atoms with van der Waals surface area (Å²) in [7, 11) is 0. The fraction of sp³-hybridized carbons (Fsp3) is 1.00. The van der Waals surface area contributed by atoms with Crippen molar-refractivity contribution >= 4 is 0 Å². The van der Waals surface area contributed by atoms with Crippen LogP contribution in [0.4, 0.5) is 0 Å². The lowest BCUT2D eigenvalue weighted by molar-refractivity contribution is -0.255. The summed E-state index contributed by atoms with van der Waals surface area (Å²) < 4.78 is 12.1. The molecule has 21 heavy (non-hydrogen) atoms. The molecule has 0 aromatic heterocycles. The third-order valence-electron chi connectivity index (χ3n) is 4.12. The molecule has 0 rings (SSSR count). The molecule has 0 saturated heterocycles. The Kier molecular flexibility index (Phi) is 13.5. The van der Waals surface area contributed by atoms with E-state index in [4.69, 9.17) is 15.2 Å². The van der Waals surface area contributed by atoms with E-state index in [2.05, 4.69) is 27.7 Å². The summed E-state index contributed by atoms with van der Waals surface area (Å²) in [5.41, 5.74) is 6.00. The van der Waals surface area contributed by atoms with Gasteiger partial charge in [-0.2, -0.15) is 0 Å². The maximum atomic E-state index is 6.03. The Bertz CT molecular complexity index is 213. The van der Waals surface area contributed by atoms with Crippen molar-refractivity contribution in [2.45, 2.75) is 91.3 Å².